The summed E-state index contributed by atoms with van der Waals surface area (Å²) in [6.45, 7) is 9.23. The molecular formula is C30H42N4O6. The molecule has 2 atom stereocenters. The Labute approximate surface area is 236 Å². The van der Waals surface area contributed by atoms with Gasteiger partial charge >= 0.3 is 6.09 Å². The van der Waals surface area contributed by atoms with E-state index in [0.717, 1.165) is 18.4 Å². The second kappa shape index (κ2) is 14.9. The summed E-state index contributed by atoms with van der Waals surface area (Å²) in [5.74, 6) is -1.21. The number of carbonyl (C=O) groups is 4. The number of nitrogens with zero attached hydrogens (tertiary/aromatic N) is 1. The molecule has 2 aromatic rings. The number of primary amides is 1. The zero-order valence-electron chi connectivity index (χ0n) is 24.3. The maximum atomic E-state index is 14.0. The molecule has 2 unspecified atom stereocenters. The van der Waals surface area contributed by atoms with E-state index < -0.39 is 47.9 Å². The van der Waals surface area contributed by atoms with E-state index in [-0.39, 0.29) is 6.54 Å². The molecule has 0 bridgehead atoms. The summed E-state index contributed by atoms with van der Waals surface area (Å²) in [6, 6.07) is 11.8. The summed E-state index contributed by atoms with van der Waals surface area (Å²) in [4.78, 5) is 53.8. The van der Waals surface area contributed by atoms with Crippen LogP contribution in [-0.4, -0.2) is 54.0 Å². The molecule has 10 heteroatoms. The van der Waals surface area contributed by atoms with E-state index >= 15 is 0 Å². The highest BCUT2D eigenvalue weighted by Crippen LogP contribution is 2.26. The van der Waals surface area contributed by atoms with Crippen molar-refractivity contribution in [3.05, 3.63) is 59.7 Å². The molecule has 10 nitrogen and oxygen atoms in total. The van der Waals surface area contributed by atoms with Gasteiger partial charge in [-0.05, 0) is 63.9 Å². The number of benzene rings is 2. The average molecular weight is 555 g/mol. The van der Waals surface area contributed by atoms with Crippen LogP contribution in [0.4, 0.5) is 10.5 Å². The van der Waals surface area contributed by atoms with Crippen LogP contribution in [0.2, 0.25) is 0 Å². The molecular weight excluding hydrogens is 512 g/mol. The van der Waals surface area contributed by atoms with Gasteiger partial charge in [-0.2, -0.15) is 0 Å². The lowest BCUT2D eigenvalue weighted by Crippen LogP contribution is -2.53. The van der Waals surface area contributed by atoms with E-state index in [1.165, 1.54) is 4.90 Å². The van der Waals surface area contributed by atoms with Crippen molar-refractivity contribution in [3.8, 4) is 5.75 Å². The van der Waals surface area contributed by atoms with Crippen molar-refractivity contribution in [2.45, 2.75) is 78.0 Å². The Morgan fingerprint density at radius 1 is 0.975 bits per heavy atom. The van der Waals surface area contributed by atoms with Crippen LogP contribution >= 0.6 is 0 Å². The molecule has 4 N–H and O–H groups in total. The molecule has 218 valence electrons. The topological polar surface area (TPSA) is 140 Å². The number of hydrogen-bond donors (Lipinski definition) is 3. The van der Waals surface area contributed by atoms with Gasteiger partial charge in [-0.1, -0.05) is 49.6 Å². The summed E-state index contributed by atoms with van der Waals surface area (Å²) in [6.07, 6.45) is 0.981. The van der Waals surface area contributed by atoms with E-state index in [9.17, 15) is 19.2 Å². The van der Waals surface area contributed by atoms with E-state index in [4.69, 9.17) is 15.2 Å². The number of hydrogen-bond acceptors (Lipinski definition) is 6. The fraction of sp³-hybridized carbons (Fsp3) is 0.467. The third-order valence-corrected chi connectivity index (χ3v) is 5.99. The fourth-order valence-corrected chi connectivity index (χ4v) is 4.06. The average Bonchev–Trinajstić information content (AvgIpc) is 2.87. The van der Waals surface area contributed by atoms with E-state index in [1.807, 2.05) is 26.0 Å². The van der Waals surface area contributed by atoms with E-state index in [0.29, 0.717) is 23.4 Å². The highest BCUT2D eigenvalue weighted by atomic mass is 16.6. The first-order valence-electron chi connectivity index (χ1n) is 13.4. The zero-order chi connectivity index (χ0) is 29.9. The van der Waals surface area contributed by atoms with Crippen molar-refractivity contribution in [1.29, 1.82) is 0 Å². The van der Waals surface area contributed by atoms with Crippen molar-refractivity contribution in [2.75, 3.05) is 19.0 Å². The smallest absolute Gasteiger partial charge is 0.408 e. The van der Waals surface area contributed by atoms with Gasteiger partial charge in [0.25, 0.3) is 5.91 Å². The predicted molar refractivity (Wildman–Crippen MR) is 154 cm³/mol. The highest BCUT2D eigenvalue weighted by molar-refractivity contribution is 5.99. The number of ether oxygens (including phenoxy) is 2. The number of methoxy groups -OCH3 is 1. The number of carbonyl (C=O) groups excluding carboxylic acids is 4. The molecule has 0 fully saturated rings. The number of alkyl carbamates (subject to hydrolysis) is 1. The quantitative estimate of drug-likeness (QED) is 0.312. The number of anilines is 1. The molecule has 2 aromatic carbocycles. The third-order valence-electron chi connectivity index (χ3n) is 5.99. The lowest BCUT2D eigenvalue weighted by Gasteiger charge is -2.34. The first-order chi connectivity index (χ1) is 18.8. The molecule has 40 heavy (non-hydrogen) atoms. The number of unbranched alkanes of at least 4 members (excludes halogenated alkanes) is 2. The highest BCUT2D eigenvalue weighted by Gasteiger charge is 2.36. The monoisotopic (exact) mass is 554 g/mol. The number of rotatable bonds is 13. The lowest BCUT2D eigenvalue weighted by atomic mass is 10.00. The third kappa shape index (κ3) is 10.2. The van der Waals surface area contributed by atoms with Crippen molar-refractivity contribution in [3.63, 3.8) is 0 Å². The largest absolute Gasteiger partial charge is 0.497 e. The van der Waals surface area contributed by atoms with E-state index in [1.54, 1.807) is 64.3 Å². The van der Waals surface area contributed by atoms with Gasteiger partial charge in [0.1, 0.15) is 23.4 Å². The van der Waals surface area contributed by atoms with Gasteiger partial charge in [0.15, 0.2) is 0 Å². The first-order valence-corrected chi connectivity index (χ1v) is 13.4. The molecule has 0 aromatic heterocycles. The standard InChI is InChI=1S/C30H42N4O6/c1-7-8-9-18-34(28(37)24(19-25(31)35)33-29(38)40-30(3,4)5)26(21-12-10-20(2)11-13-21)27(36)32-22-14-16-23(39-6)17-15-22/h10-17,24,26H,7-9,18-19H2,1-6H3,(H2,31,35)(H,32,36)(H,33,38). The van der Waals surface area contributed by atoms with Crippen molar-refractivity contribution in [1.82, 2.24) is 10.2 Å². The Kier molecular flexibility index (Phi) is 12.0. The molecule has 0 aliphatic heterocycles. The van der Waals surface area contributed by atoms with Gasteiger partial charge in [0.05, 0.1) is 13.5 Å². The maximum absolute atomic E-state index is 14.0. The van der Waals surface area contributed by atoms with Crippen LogP contribution in [0.3, 0.4) is 0 Å². The molecule has 0 aliphatic rings. The second-order valence-corrected chi connectivity index (χ2v) is 10.6. The van der Waals surface area contributed by atoms with Gasteiger partial charge in [-0.25, -0.2) is 4.79 Å². The Bertz CT molecular complexity index is 1140. The Balaban J connectivity index is 2.52. The zero-order valence-corrected chi connectivity index (χ0v) is 24.3. The Hall–Kier alpha value is -4.08. The van der Waals surface area contributed by atoms with Gasteiger partial charge in [-0.15, -0.1) is 0 Å². The molecule has 0 saturated carbocycles. The minimum absolute atomic E-state index is 0.215. The minimum Gasteiger partial charge on any atom is -0.497 e. The molecule has 0 aliphatic carbocycles. The molecule has 0 spiro atoms. The van der Waals surface area contributed by atoms with Gasteiger partial charge in [0, 0.05) is 12.2 Å². The molecule has 0 saturated heterocycles. The summed E-state index contributed by atoms with van der Waals surface area (Å²) in [5.41, 5.74) is 6.71. The van der Waals surface area contributed by atoms with Gasteiger partial charge < -0.3 is 30.7 Å². The lowest BCUT2D eigenvalue weighted by molar-refractivity contribution is -0.142. The van der Waals surface area contributed by atoms with Crippen LogP contribution in [0, 0.1) is 6.92 Å². The number of nitrogens with two attached hydrogens (primary N) is 1. The summed E-state index contributed by atoms with van der Waals surface area (Å²) in [7, 11) is 1.55. The molecule has 0 radical (unpaired) electrons. The fourth-order valence-electron chi connectivity index (χ4n) is 4.06. The predicted octanol–water partition coefficient (Wildman–Crippen LogP) is 4.47. The van der Waals surface area contributed by atoms with Crippen LogP contribution in [0.25, 0.3) is 0 Å². The first kappa shape index (κ1) is 32.1. The summed E-state index contributed by atoms with van der Waals surface area (Å²) < 4.78 is 10.5. The number of amides is 4. The van der Waals surface area contributed by atoms with Gasteiger partial charge in [-0.3, -0.25) is 14.4 Å². The molecule has 0 heterocycles. The molecule has 2 rings (SSSR count). The number of nitrogens with one attached hydrogen (secondary N) is 2. The van der Waals surface area contributed by atoms with Crippen molar-refractivity contribution in [2.24, 2.45) is 5.73 Å². The van der Waals surface area contributed by atoms with E-state index in [2.05, 4.69) is 10.6 Å². The van der Waals surface area contributed by atoms with Crippen LogP contribution in [0.5, 0.6) is 5.75 Å². The molecule has 4 amide bonds. The Morgan fingerprint density at radius 2 is 1.60 bits per heavy atom. The van der Waals surface area contributed by atoms with Crippen LogP contribution in [0.15, 0.2) is 48.5 Å². The summed E-state index contributed by atoms with van der Waals surface area (Å²) in [5, 5.41) is 5.39. The van der Waals surface area contributed by atoms with Crippen LogP contribution in [0.1, 0.15) is 70.5 Å². The maximum Gasteiger partial charge on any atom is 0.408 e. The second-order valence-electron chi connectivity index (χ2n) is 10.6. The van der Waals surface area contributed by atoms with Crippen LogP contribution < -0.4 is 21.1 Å². The minimum atomic E-state index is -1.32. The summed E-state index contributed by atoms with van der Waals surface area (Å²) >= 11 is 0. The SMILES string of the molecule is CCCCCN(C(=O)C(CC(N)=O)NC(=O)OC(C)(C)C)C(C(=O)Nc1ccc(OC)cc1)c1ccc(C)cc1. The Morgan fingerprint density at radius 3 is 2.12 bits per heavy atom. The van der Waals surface area contributed by atoms with Crippen LogP contribution in [-0.2, 0) is 19.1 Å². The number of aryl methyl sites for hydroxylation is 1. The van der Waals surface area contributed by atoms with Gasteiger partial charge in [0.2, 0.25) is 11.8 Å². The van der Waals surface area contributed by atoms with Crippen molar-refractivity contribution >= 4 is 29.5 Å². The normalized spacial score (nSPS) is 12.6. The van der Waals surface area contributed by atoms with Crippen molar-refractivity contribution < 1.29 is 28.7 Å².